The van der Waals surface area contributed by atoms with Gasteiger partial charge in [-0.15, -0.1) is 0 Å². The van der Waals surface area contributed by atoms with Gasteiger partial charge in [0.25, 0.3) is 0 Å². The summed E-state index contributed by atoms with van der Waals surface area (Å²) in [6.45, 7) is 9.90. The van der Waals surface area contributed by atoms with E-state index in [0.717, 1.165) is 12.5 Å². The molecule has 0 heterocycles. The highest BCUT2D eigenvalue weighted by Crippen LogP contribution is 2.29. The van der Waals surface area contributed by atoms with E-state index in [1.165, 1.54) is 18.4 Å². The Morgan fingerprint density at radius 1 is 1.53 bits per heavy atom. The Morgan fingerprint density at radius 2 is 2.20 bits per heavy atom. The monoisotopic (exact) mass is 211 g/mol. The van der Waals surface area contributed by atoms with Gasteiger partial charge >= 0.3 is 0 Å². The smallest absolute Gasteiger partial charge is 0.0715 e. The predicted octanol–water partition coefficient (Wildman–Crippen LogP) is 2.34. The van der Waals surface area contributed by atoms with Gasteiger partial charge in [-0.05, 0) is 45.4 Å². The molecule has 0 radical (unpaired) electrons. The van der Waals surface area contributed by atoms with Crippen molar-refractivity contribution in [3.8, 4) is 0 Å². The number of hydrogen-bond acceptors (Lipinski definition) is 2. The van der Waals surface area contributed by atoms with E-state index < -0.39 is 5.60 Å². The summed E-state index contributed by atoms with van der Waals surface area (Å²) in [5, 5.41) is 13.0. The Morgan fingerprint density at radius 3 is 2.73 bits per heavy atom. The van der Waals surface area contributed by atoms with Crippen molar-refractivity contribution < 1.29 is 5.11 Å². The molecule has 0 aliphatic heterocycles. The molecule has 0 aromatic heterocycles. The first-order chi connectivity index (χ1) is 6.90. The summed E-state index contributed by atoms with van der Waals surface area (Å²) in [5.74, 6) is 1.42. The number of nitrogens with one attached hydrogen (secondary N) is 1. The average Bonchev–Trinajstić information content (AvgIpc) is 2.08. The summed E-state index contributed by atoms with van der Waals surface area (Å²) >= 11 is 0. The van der Waals surface area contributed by atoms with Crippen molar-refractivity contribution >= 4 is 0 Å². The molecule has 0 saturated carbocycles. The van der Waals surface area contributed by atoms with Gasteiger partial charge in [-0.2, -0.15) is 0 Å². The highest BCUT2D eigenvalue weighted by Gasteiger charge is 2.22. The van der Waals surface area contributed by atoms with Gasteiger partial charge in [0.1, 0.15) is 0 Å². The molecule has 0 bridgehead atoms. The highest BCUT2D eigenvalue weighted by molar-refractivity contribution is 5.09. The lowest BCUT2D eigenvalue weighted by Gasteiger charge is -2.30. The van der Waals surface area contributed by atoms with Crippen molar-refractivity contribution in [3.05, 3.63) is 11.6 Å². The SMILES string of the molecule is CC1=CCC[C@H](C)[C@H]1CNCC(C)(C)O. The molecule has 0 aromatic carbocycles. The van der Waals surface area contributed by atoms with Crippen molar-refractivity contribution in [2.75, 3.05) is 13.1 Å². The minimum absolute atomic E-state index is 0.602. The molecular weight excluding hydrogens is 186 g/mol. The topological polar surface area (TPSA) is 32.3 Å². The molecule has 2 nitrogen and oxygen atoms in total. The Labute approximate surface area is 93.8 Å². The van der Waals surface area contributed by atoms with E-state index in [-0.39, 0.29) is 0 Å². The Kier molecular flexibility index (Phi) is 4.35. The second-order valence-corrected chi connectivity index (χ2v) is 5.55. The van der Waals surface area contributed by atoms with Crippen molar-refractivity contribution in [1.29, 1.82) is 0 Å². The van der Waals surface area contributed by atoms with Crippen molar-refractivity contribution in [2.45, 2.75) is 46.1 Å². The van der Waals surface area contributed by atoms with E-state index in [1.807, 2.05) is 13.8 Å². The van der Waals surface area contributed by atoms with Gasteiger partial charge in [0.05, 0.1) is 5.60 Å². The number of rotatable bonds is 4. The maximum absolute atomic E-state index is 9.60. The summed E-state index contributed by atoms with van der Waals surface area (Å²) in [6, 6.07) is 0. The maximum atomic E-state index is 9.60. The molecule has 1 aliphatic carbocycles. The summed E-state index contributed by atoms with van der Waals surface area (Å²) in [7, 11) is 0. The van der Waals surface area contributed by atoms with Crippen LogP contribution in [0.4, 0.5) is 0 Å². The first-order valence-electron chi connectivity index (χ1n) is 6.00. The molecule has 2 heteroatoms. The average molecular weight is 211 g/mol. The molecule has 1 rings (SSSR count). The van der Waals surface area contributed by atoms with E-state index >= 15 is 0 Å². The zero-order valence-corrected chi connectivity index (χ0v) is 10.5. The minimum atomic E-state index is -0.602. The molecule has 88 valence electrons. The van der Waals surface area contributed by atoms with Gasteiger partial charge in [0.15, 0.2) is 0 Å². The number of aliphatic hydroxyl groups is 1. The van der Waals surface area contributed by atoms with Gasteiger partial charge in [0, 0.05) is 13.1 Å². The largest absolute Gasteiger partial charge is 0.389 e. The Balaban J connectivity index is 2.37. The summed E-state index contributed by atoms with van der Waals surface area (Å²) in [6.07, 6.45) is 4.89. The zero-order chi connectivity index (χ0) is 11.5. The minimum Gasteiger partial charge on any atom is -0.389 e. The van der Waals surface area contributed by atoms with Crippen LogP contribution in [0.5, 0.6) is 0 Å². The van der Waals surface area contributed by atoms with E-state index in [2.05, 4.69) is 25.2 Å². The predicted molar refractivity (Wildman–Crippen MR) is 64.8 cm³/mol. The fourth-order valence-electron chi connectivity index (χ4n) is 2.27. The summed E-state index contributed by atoms with van der Waals surface area (Å²) in [5.41, 5.74) is 0.909. The third-order valence-electron chi connectivity index (χ3n) is 3.28. The van der Waals surface area contributed by atoms with Crippen LogP contribution in [0.25, 0.3) is 0 Å². The molecular formula is C13H25NO. The first-order valence-corrected chi connectivity index (χ1v) is 6.00. The standard InChI is InChI=1S/C13H25NO/c1-10-6-5-7-11(2)12(10)8-14-9-13(3,4)15/h6,11-12,14-15H,5,7-9H2,1-4H3/t11-,12-/m0/s1. The van der Waals surface area contributed by atoms with Crippen LogP contribution in [0.15, 0.2) is 11.6 Å². The van der Waals surface area contributed by atoms with E-state index in [0.29, 0.717) is 12.5 Å². The van der Waals surface area contributed by atoms with Crippen LogP contribution >= 0.6 is 0 Å². The molecule has 0 amide bonds. The van der Waals surface area contributed by atoms with Crippen molar-refractivity contribution in [1.82, 2.24) is 5.32 Å². The van der Waals surface area contributed by atoms with Gasteiger partial charge in [0.2, 0.25) is 0 Å². The van der Waals surface area contributed by atoms with Gasteiger partial charge in [-0.25, -0.2) is 0 Å². The van der Waals surface area contributed by atoms with E-state index in [4.69, 9.17) is 0 Å². The highest BCUT2D eigenvalue weighted by atomic mass is 16.3. The van der Waals surface area contributed by atoms with Crippen LogP contribution in [0.1, 0.15) is 40.5 Å². The lowest BCUT2D eigenvalue weighted by Crippen LogP contribution is -2.39. The van der Waals surface area contributed by atoms with Crippen LogP contribution in [-0.2, 0) is 0 Å². The third-order valence-corrected chi connectivity index (χ3v) is 3.28. The van der Waals surface area contributed by atoms with Crippen LogP contribution in [0, 0.1) is 11.8 Å². The second-order valence-electron chi connectivity index (χ2n) is 5.55. The van der Waals surface area contributed by atoms with Crippen LogP contribution in [0.2, 0.25) is 0 Å². The molecule has 0 spiro atoms. The molecule has 2 N–H and O–H groups in total. The van der Waals surface area contributed by atoms with Crippen LogP contribution < -0.4 is 5.32 Å². The zero-order valence-electron chi connectivity index (χ0n) is 10.5. The Bertz CT molecular complexity index is 227. The molecule has 0 unspecified atom stereocenters. The van der Waals surface area contributed by atoms with Crippen LogP contribution in [0.3, 0.4) is 0 Å². The molecule has 2 atom stereocenters. The van der Waals surface area contributed by atoms with E-state index in [1.54, 1.807) is 0 Å². The Hall–Kier alpha value is -0.340. The maximum Gasteiger partial charge on any atom is 0.0715 e. The molecule has 0 fully saturated rings. The van der Waals surface area contributed by atoms with Crippen molar-refractivity contribution in [2.24, 2.45) is 11.8 Å². The lowest BCUT2D eigenvalue weighted by molar-refractivity contribution is 0.0782. The number of hydrogen-bond donors (Lipinski definition) is 2. The third kappa shape index (κ3) is 4.35. The molecule has 15 heavy (non-hydrogen) atoms. The van der Waals surface area contributed by atoms with Gasteiger partial charge in [-0.3, -0.25) is 0 Å². The van der Waals surface area contributed by atoms with Gasteiger partial charge in [-0.1, -0.05) is 18.6 Å². The quantitative estimate of drug-likeness (QED) is 0.700. The summed E-state index contributed by atoms with van der Waals surface area (Å²) in [4.78, 5) is 0. The molecule has 1 aliphatic rings. The lowest BCUT2D eigenvalue weighted by atomic mass is 9.80. The van der Waals surface area contributed by atoms with Crippen LogP contribution in [-0.4, -0.2) is 23.8 Å². The fourth-order valence-corrected chi connectivity index (χ4v) is 2.27. The fraction of sp³-hybridized carbons (Fsp3) is 0.846. The molecule has 0 aromatic rings. The second kappa shape index (κ2) is 5.13. The summed E-state index contributed by atoms with van der Waals surface area (Å²) < 4.78 is 0. The molecule has 0 saturated heterocycles. The normalized spacial score (nSPS) is 27.7. The van der Waals surface area contributed by atoms with Gasteiger partial charge < -0.3 is 10.4 Å². The van der Waals surface area contributed by atoms with Crippen molar-refractivity contribution in [3.63, 3.8) is 0 Å². The number of allylic oxidation sites excluding steroid dienone is 1. The van der Waals surface area contributed by atoms with E-state index in [9.17, 15) is 5.11 Å². The first kappa shape index (κ1) is 12.7.